The molecule has 1 aliphatic heterocycles. The quantitative estimate of drug-likeness (QED) is 0.387. The van der Waals surface area contributed by atoms with Crippen LogP contribution < -0.4 is 10.2 Å². The van der Waals surface area contributed by atoms with Crippen molar-refractivity contribution in [2.24, 2.45) is 0 Å². The monoisotopic (exact) mass is 393 g/mol. The molecule has 0 fully saturated rings. The summed E-state index contributed by atoms with van der Waals surface area (Å²) in [4.78, 5) is 16.7. The third-order valence-electron chi connectivity index (χ3n) is 4.49. The number of fused-ring (bicyclic) bond motifs is 1. The summed E-state index contributed by atoms with van der Waals surface area (Å²) < 4.78 is 8.09. The molecule has 1 amide bonds. The number of hydroxylamine groups is 1. The number of nitrogens with one attached hydrogen (secondary N) is 1. The van der Waals surface area contributed by atoms with Gasteiger partial charge in [-0.3, -0.25) is 15.0 Å². The van der Waals surface area contributed by atoms with E-state index < -0.39 is 5.91 Å². The van der Waals surface area contributed by atoms with Gasteiger partial charge in [-0.25, -0.2) is 9.79 Å². The van der Waals surface area contributed by atoms with E-state index in [4.69, 9.17) is 9.94 Å². The SMILES string of the molecule is O=C(NO)c1ccc2c(c1)CCN(Sc1ccc(Oc3ccncc3)cc1)C2. The number of hydrogen-bond donors (Lipinski definition) is 2. The Morgan fingerprint density at radius 1 is 1.04 bits per heavy atom. The first-order valence-electron chi connectivity index (χ1n) is 8.88. The number of aromatic nitrogens is 1. The number of hydrogen-bond acceptors (Lipinski definition) is 6. The second kappa shape index (κ2) is 8.43. The molecule has 0 saturated heterocycles. The molecule has 0 aliphatic carbocycles. The van der Waals surface area contributed by atoms with Crippen molar-refractivity contribution in [3.8, 4) is 11.5 Å². The van der Waals surface area contributed by atoms with Crippen molar-refractivity contribution in [1.82, 2.24) is 14.8 Å². The van der Waals surface area contributed by atoms with Crippen LogP contribution in [0.15, 0.2) is 71.9 Å². The lowest BCUT2D eigenvalue weighted by Crippen LogP contribution is -2.25. The first-order chi connectivity index (χ1) is 13.7. The maximum Gasteiger partial charge on any atom is 0.274 e. The summed E-state index contributed by atoms with van der Waals surface area (Å²) in [5, 5.41) is 8.78. The molecule has 142 valence electrons. The predicted octanol–water partition coefficient (Wildman–Crippen LogP) is 4.06. The van der Waals surface area contributed by atoms with Crippen molar-refractivity contribution in [2.75, 3.05) is 6.54 Å². The van der Waals surface area contributed by atoms with Crippen LogP contribution in [0.2, 0.25) is 0 Å². The molecule has 3 aromatic rings. The lowest BCUT2D eigenvalue weighted by molar-refractivity contribution is 0.0706. The minimum Gasteiger partial charge on any atom is -0.457 e. The number of rotatable bonds is 5. The van der Waals surface area contributed by atoms with Gasteiger partial charge in [-0.05, 0) is 78.0 Å². The zero-order valence-electron chi connectivity index (χ0n) is 15.0. The van der Waals surface area contributed by atoms with E-state index in [1.807, 2.05) is 48.5 Å². The van der Waals surface area contributed by atoms with Crippen LogP contribution in [-0.4, -0.2) is 26.9 Å². The highest BCUT2D eigenvalue weighted by atomic mass is 32.2. The Kier molecular flexibility index (Phi) is 5.57. The van der Waals surface area contributed by atoms with Gasteiger partial charge in [0.05, 0.1) is 0 Å². The molecule has 2 N–H and O–H groups in total. The molecule has 4 rings (SSSR count). The maximum atomic E-state index is 11.6. The van der Waals surface area contributed by atoms with E-state index in [1.165, 1.54) is 5.56 Å². The van der Waals surface area contributed by atoms with Crippen molar-refractivity contribution >= 4 is 17.9 Å². The van der Waals surface area contributed by atoms with Gasteiger partial charge in [-0.2, -0.15) is 0 Å². The molecule has 6 nitrogen and oxygen atoms in total. The smallest absolute Gasteiger partial charge is 0.274 e. The van der Waals surface area contributed by atoms with Crippen molar-refractivity contribution in [3.05, 3.63) is 83.7 Å². The van der Waals surface area contributed by atoms with Crippen molar-refractivity contribution in [1.29, 1.82) is 0 Å². The summed E-state index contributed by atoms with van der Waals surface area (Å²) in [5.41, 5.74) is 4.51. The van der Waals surface area contributed by atoms with Crippen LogP contribution in [0.25, 0.3) is 0 Å². The van der Waals surface area contributed by atoms with Crippen LogP contribution in [0.3, 0.4) is 0 Å². The molecule has 0 atom stereocenters. The molecule has 0 unspecified atom stereocenters. The Morgan fingerprint density at radius 2 is 1.79 bits per heavy atom. The standard InChI is InChI=1S/C21H19N3O3S/c25-21(23-26)16-1-2-17-14-24(12-9-15(17)13-16)28-20-5-3-18(4-6-20)27-19-7-10-22-11-8-19/h1-8,10-11,13,26H,9,12,14H2,(H,23,25). The summed E-state index contributed by atoms with van der Waals surface area (Å²) in [5.74, 6) is 1.07. The number of carbonyl (C=O) groups is 1. The predicted molar refractivity (Wildman–Crippen MR) is 106 cm³/mol. The topological polar surface area (TPSA) is 74.7 Å². The molecule has 2 aromatic carbocycles. The zero-order valence-corrected chi connectivity index (χ0v) is 15.9. The largest absolute Gasteiger partial charge is 0.457 e. The first-order valence-corrected chi connectivity index (χ1v) is 9.66. The molecule has 2 heterocycles. The highest BCUT2D eigenvalue weighted by molar-refractivity contribution is 7.97. The van der Waals surface area contributed by atoms with Crippen molar-refractivity contribution in [3.63, 3.8) is 0 Å². The van der Waals surface area contributed by atoms with Gasteiger partial charge in [0.25, 0.3) is 5.91 Å². The summed E-state index contributed by atoms with van der Waals surface area (Å²) in [6.45, 7) is 1.69. The molecule has 7 heteroatoms. The number of benzene rings is 2. The fourth-order valence-electron chi connectivity index (χ4n) is 3.07. The lowest BCUT2D eigenvalue weighted by Gasteiger charge is -2.28. The number of nitrogens with zero attached hydrogens (tertiary/aromatic N) is 2. The minimum atomic E-state index is -0.478. The minimum absolute atomic E-state index is 0.478. The Balaban J connectivity index is 1.38. The molecule has 28 heavy (non-hydrogen) atoms. The fraction of sp³-hybridized carbons (Fsp3) is 0.143. The summed E-state index contributed by atoms with van der Waals surface area (Å²) in [7, 11) is 0. The van der Waals surface area contributed by atoms with Gasteiger partial charge in [0.2, 0.25) is 0 Å². The van der Waals surface area contributed by atoms with Gasteiger partial charge in [0.1, 0.15) is 11.5 Å². The average molecular weight is 393 g/mol. The van der Waals surface area contributed by atoms with Crippen LogP contribution in [0.4, 0.5) is 0 Å². The van der Waals surface area contributed by atoms with Crippen molar-refractivity contribution < 1.29 is 14.7 Å². The van der Waals surface area contributed by atoms with Gasteiger partial charge in [0.15, 0.2) is 0 Å². The van der Waals surface area contributed by atoms with E-state index in [-0.39, 0.29) is 0 Å². The molecule has 1 aliphatic rings. The van der Waals surface area contributed by atoms with Crippen LogP contribution in [0.5, 0.6) is 11.5 Å². The number of ether oxygens (including phenoxy) is 1. The average Bonchev–Trinajstić information content (AvgIpc) is 2.75. The highest BCUT2D eigenvalue weighted by Gasteiger charge is 2.18. The Labute approximate surface area is 167 Å². The third kappa shape index (κ3) is 4.33. The van der Waals surface area contributed by atoms with Crippen molar-refractivity contribution in [2.45, 2.75) is 17.9 Å². The normalized spacial score (nSPS) is 13.6. The first kappa shape index (κ1) is 18.5. The van der Waals surface area contributed by atoms with E-state index in [9.17, 15) is 4.79 Å². The Morgan fingerprint density at radius 3 is 2.54 bits per heavy atom. The molecular weight excluding hydrogens is 374 g/mol. The summed E-state index contributed by atoms with van der Waals surface area (Å²) >= 11 is 1.71. The van der Waals surface area contributed by atoms with Gasteiger partial charge >= 0.3 is 0 Å². The molecule has 0 saturated carbocycles. The second-order valence-corrected chi connectivity index (χ2v) is 7.56. The fourth-order valence-corrected chi connectivity index (χ4v) is 4.01. The van der Waals surface area contributed by atoms with Gasteiger partial charge in [-0.1, -0.05) is 6.07 Å². The molecule has 0 bridgehead atoms. The van der Waals surface area contributed by atoms with Gasteiger partial charge < -0.3 is 4.74 Å². The van der Waals surface area contributed by atoms with Crippen LogP contribution >= 0.6 is 11.9 Å². The Bertz CT molecular complexity index is 964. The highest BCUT2D eigenvalue weighted by Crippen LogP contribution is 2.31. The summed E-state index contributed by atoms with van der Waals surface area (Å²) in [6.07, 6.45) is 4.26. The summed E-state index contributed by atoms with van der Waals surface area (Å²) in [6, 6.07) is 17.2. The van der Waals surface area contributed by atoms with E-state index in [2.05, 4.69) is 9.29 Å². The zero-order chi connectivity index (χ0) is 19.3. The number of amides is 1. The second-order valence-electron chi connectivity index (χ2n) is 6.39. The van der Waals surface area contributed by atoms with Gasteiger partial charge in [-0.15, -0.1) is 0 Å². The van der Waals surface area contributed by atoms with Crippen LogP contribution in [0.1, 0.15) is 21.5 Å². The number of pyridine rings is 1. The van der Waals surface area contributed by atoms with Crippen LogP contribution in [-0.2, 0) is 13.0 Å². The molecule has 0 radical (unpaired) electrons. The number of carbonyl (C=O) groups excluding carboxylic acids is 1. The third-order valence-corrected chi connectivity index (χ3v) is 5.54. The molecule has 0 spiro atoms. The van der Waals surface area contributed by atoms with E-state index in [1.54, 1.807) is 35.9 Å². The Hall–Kier alpha value is -2.87. The molecular formula is C21H19N3O3S. The maximum absolute atomic E-state index is 11.6. The lowest BCUT2D eigenvalue weighted by atomic mass is 9.98. The van der Waals surface area contributed by atoms with E-state index in [0.29, 0.717) is 5.56 Å². The van der Waals surface area contributed by atoms with E-state index in [0.717, 1.165) is 41.5 Å². The van der Waals surface area contributed by atoms with E-state index >= 15 is 0 Å². The van der Waals surface area contributed by atoms with Crippen LogP contribution in [0, 0.1) is 0 Å². The van der Waals surface area contributed by atoms with Gasteiger partial charge in [0, 0.05) is 35.9 Å². The molecule has 1 aromatic heterocycles.